The summed E-state index contributed by atoms with van der Waals surface area (Å²) >= 11 is 0. The van der Waals surface area contributed by atoms with Crippen LogP contribution in [-0.4, -0.2) is 24.9 Å². The zero-order valence-electron chi connectivity index (χ0n) is 28.7. The van der Waals surface area contributed by atoms with E-state index < -0.39 is 0 Å². The summed E-state index contributed by atoms with van der Waals surface area (Å²) in [6.07, 6.45) is 8.50. The summed E-state index contributed by atoms with van der Waals surface area (Å²) in [5.41, 5.74) is 18.0. The molecule has 0 unspecified atom stereocenters. The van der Waals surface area contributed by atoms with Gasteiger partial charge in [-0.15, -0.1) is 0 Å². The largest absolute Gasteiger partial charge is 0.354 e. The average Bonchev–Trinajstić information content (AvgIpc) is 4.07. The van der Waals surface area contributed by atoms with E-state index in [0.717, 1.165) is 100 Å². The monoisotopic (exact) mass is 679 g/mol. The number of fused-ring (bicyclic) bond motifs is 11. The van der Waals surface area contributed by atoms with Crippen molar-refractivity contribution in [3.8, 4) is 44.5 Å². The molecule has 3 N–H and O–H groups in total. The second-order valence-corrected chi connectivity index (χ2v) is 13.3. The Morgan fingerprint density at radius 2 is 0.509 bits per heavy atom. The van der Waals surface area contributed by atoms with Crippen LogP contribution in [-0.2, 0) is 0 Å². The lowest BCUT2D eigenvalue weighted by molar-refractivity contribution is 1.28. The molecular weight excluding hydrogens is 647 g/mol. The lowest BCUT2D eigenvalue weighted by atomic mass is 10.0. The lowest BCUT2D eigenvalue weighted by Gasteiger charge is -2.06. The number of hydrogen-bond donors (Lipinski definition) is 3. The highest BCUT2D eigenvalue weighted by molar-refractivity contribution is 5.99. The van der Waals surface area contributed by atoms with Crippen LogP contribution in [0.15, 0.2) is 158 Å². The Hall–Kier alpha value is -7.24. The maximum absolute atomic E-state index is 5.39. The molecule has 5 heteroatoms. The number of nitrogens with one attached hydrogen (secondary N) is 3. The van der Waals surface area contributed by atoms with Crippen LogP contribution >= 0.6 is 0 Å². The van der Waals surface area contributed by atoms with E-state index in [4.69, 9.17) is 9.97 Å². The predicted octanol–water partition coefficient (Wildman–Crippen LogP) is 12.4. The van der Waals surface area contributed by atoms with E-state index in [9.17, 15) is 0 Å². The molecule has 5 nitrogen and oxygen atoms in total. The summed E-state index contributed by atoms with van der Waals surface area (Å²) in [6, 6.07) is 55.0. The van der Waals surface area contributed by atoms with Gasteiger partial charge in [0.25, 0.3) is 0 Å². The molecule has 0 radical (unpaired) electrons. The van der Waals surface area contributed by atoms with Crippen molar-refractivity contribution in [1.82, 2.24) is 24.9 Å². The van der Waals surface area contributed by atoms with Crippen molar-refractivity contribution in [3.05, 3.63) is 181 Å². The number of benzene rings is 4. The molecule has 6 heterocycles. The van der Waals surface area contributed by atoms with E-state index >= 15 is 0 Å². The predicted molar refractivity (Wildman–Crippen MR) is 221 cm³/mol. The molecule has 250 valence electrons. The highest BCUT2D eigenvalue weighted by Gasteiger charge is 2.19. The minimum Gasteiger partial charge on any atom is -0.354 e. The number of H-pyrrole nitrogens is 3. The van der Waals surface area contributed by atoms with Gasteiger partial charge in [-0.2, -0.15) is 0 Å². The van der Waals surface area contributed by atoms with Crippen LogP contribution in [0.25, 0.3) is 102 Å². The molecule has 8 aromatic rings. The summed E-state index contributed by atoms with van der Waals surface area (Å²) in [4.78, 5) is 22.1. The van der Waals surface area contributed by atoms with Crippen LogP contribution < -0.4 is 0 Å². The standard InChI is InChI=1S/C48H33N5/c1-5-13-31(14-6-1)45-37-23-21-35(49-37)36-22-24-38(50-36)46(32-15-7-2-8-16-32)40-26-28-42(52-40)48(34-19-11-4-12-20-34)44-30-29-43(53-44)47(33-17-9-3-10-18-33)41-27-25-39(45)51-41/h1-30,49-51H. The van der Waals surface area contributed by atoms with Gasteiger partial charge in [0, 0.05) is 44.3 Å². The number of aromatic nitrogens is 5. The van der Waals surface area contributed by atoms with E-state index in [1.54, 1.807) is 0 Å². The minimum absolute atomic E-state index is 0.868. The molecule has 4 aromatic heterocycles. The Morgan fingerprint density at radius 1 is 0.245 bits per heavy atom. The highest BCUT2D eigenvalue weighted by Crippen LogP contribution is 2.37. The molecule has 0 aliphatic carbocycles. The topological polar surface area (TPSA) is 73.2 Å². The first-order chi connectivity index (χ1) is 26.3. The fourth-order valence-electron chi connectivity index (χ4n) is 7.55. The quantitative estimate of drug-likeness (QED) is 0.173. The number of rotatable bonds is 4. The van der Waals surface area contributed by atoms with E-state index in [1.807, 2.05) is 12.1 Å². The Balaban J connectivity index is 1.39. The average molecular weight is 680 g/mol. The third kappa shape index (κ3) is 5.52. The maximum Gasteiger partial charge on any atom is 0.0738 e. The van der Waals surface area contributed by atoms with Gasteiger partial charge in [-0.1, -0.05) is 121 Å². The zero-order valence-corrected chi connectivity index (χ0v) is 28.7. The Bertz CT molecular complexity index is 2910. The van der Waals surface area contributed by atoms with Crippen LogP contribution in [0.2, 0.25) is 0 Å². The van der Waals surface area contributed by atoms with E-state index in [-0.39, 0.29) is 0 Å². The van der Waals surface area contributed by atoms with Crippen molar-refractivity contribution >= 4 is 57.4 Å². The Labute approximate surface area is 306 Å². The van der Waals surface area contributed by atoms with E-state index in [1.165, 1.54) is 0 Å². The first kappa shape index (κ1) is 30.6. The Kier molecular flexibility index (Phi) is 7.40. The maximum atomic E-state index is 5.39. The van der Waals surface area contributed by atoms with Crippen molar-refractivity contribution in [1.29, 1.82) is 0 Å². The number of nitrogens with zero attached hydrogens (tertiary/aromatic N) is 2. The van der Waals surface area contributed by atoms with Gasteiger partial charge >= 0.3 is 0 Å². The van der Waals surface area contributed by atoms with Crippen molar-refractivity contribution in [2.24, 2.45) is 0 Å². The SMILES string of the molecule is C1=Cc2nc1c(-c1ccccc1)c1nc(c(-c3ccccc3)c3ccc([nH]3)c3ccc([nH]3)c(-c3ccccc3)c3ccc([nH]3)c2-c2ccccc2)C=C1. The normalized spacial score (nSPS) is 12.0. The molecule has 2 aliphatic rings. The van der Waals surface area contributed by atoms with Crippen molar-refractivity contribution in [2.75, 3.05) is 0 Å². The first-order valence-corrected chi connectivity index (χ1v) is 17.8. The van der Waals surface area contributed by atoms with Gasteiger partial charge in [0.05, 0.1) is 33.8 Å². The summed E-state index contributed by atoms with van der Waals surface area (Å²) in [6.45, 7) is 0. The molecule has 4 aromatic carbocycles. The molecule has 0 fully saturated rings. The summed E-state index contributed by atoms with van der Waals surface area (Å²) < 4.78 is 0. The lowest BCUT2D eigenvalue weighted by Crippen LogP contribution is -1.90. The van der Waals surface area contributed by atoms with Gasteiger partial charge < -0.3 is 15.0 Å². The van der Waals surface area contributed by atoms with Gasteiger partial charge in [0.15, 0.2) is 0 Å². The summed E-state index contributed by atoms with van der Waals surface area (Å²) in [7, 11) is 0. The molecule has 53 heavy (non-hydrogen) atoms. The van der Waals surface area contributed by atoms with Gasteiger partial charge in [-0.25, -0.2) is 9.97 Å². The zero-order chi connectivity index (χ0) is 35.1. The molecule has 10 bridgehead atoms. The van der Waals surface area contributed by atoms with Crippen LogP contribution in [0, 0.1) is 0 Å². The minimum atomic E-state index is 0.868. The molecule has 0 amide bonds. The van der Waals surface area contributed by atoms with E-state index in [2.05, 4.69) is 185 Å². The third-order valence-corrected chi connectivity index (χ3v) is 9.98. The van der Waals surface area contributed by atoms with Crippen molar-refractivity contribution in [2.45, 2.75) is 0 Å². The number of hydrogen-bond acceptors (Lipinski definition) is 2. The molecule has 0 spiro atoms. The third-order valence-electron chi connectivity index (χ3n) is 9.98. The fraction of sp³-hybridized carbons (Fsp3) is 0. The van der Waals surface area contributed by atoms with Crippen molar-refractivity contribution in [3.63, 3.8) is 0 Å². The summed E-state index contributed by atoms with van der Waals surface area (Å²) in [5, 5.41) is 0. The van der Waals surface area contributed by atoms with Gasteiger partial charge in [-0.05, 0) is 83.0 Å². The number of aromatic amines is 3. The molecular formula is C48H33N5. The van der Waals surface area contributed by atoms with Gasteiger partial charge in [0.2, 0.25) is 0 Å². The van der Waals surface area contributed by atoms with Crippen LogP contribution in [0.5, 0.6) is 0 Å². The molecule has 0 saturated carbocycles. The van der Waals surface area contributed by atoms with E-state index in [0.29, 0.717) is 0 Å². The Morgan fingerprint density at radius 3 is 0.887 bits per heavy atom. The summed E-state index contributed by atoms with van der Waals surface area (Å²) in [5.74, 6) is 0. The van der Waals surface area contributed by atoms with Crippen LogP contribution in [0.1, 0.15) is 22.8 Å². The van der Waals surface area contributed by atoms with Crippen LogP contribution in [0.4, 0.5) is 0 Å². The molecule has 10 rings (SSSR count). The molecule has 0 saturated heterocycles. The smallest absolute Gasteiger partial charge is 0.0738 e. The van der Waals surface area contributed by atoms with Crippen LogP contribution in [0.3, 0.4) is 0 Å². The molecule has 2 aliphatic heterocycles. The van der Waals surface area contributed by atoms with Gasteiger partial charge in [-0.3, -0.25) is 0 Å². The van der Waals surface area contributed by atoms with Crippen molar-refractivity contribution < 1.29 is 0 Å². The first-order valence-electron chi connectivity index (χ1n) is 17.8. The molecule has 0 atom stereocenters. The highest BCUT2D eigenvalue weighted by atomic mass is 14.8. The second kappa shape index (κ2) is 12.8. The fourth-order valence-corrected chi connectivity index (χ4v) is 7.55. The second-order valence-electron chi connectivity index (χ2n) is 13.3. The van der Waals surface area contributed by atoms with Gasteiger partial charge in [0.1, 0.15) is 0 Å².